The number of nitrogen functional groups attached to an aromatic ring is 2. The van der Waals surface area contributed by atoms with Crippen LogP contribution in [-0.4, -0.2) is 9.97 Å². The van der Waals surface area contributed by atoms with Gasteiger partial charge in [0, 0.05) is 16.9 Å². The molecule has 0 fully saturated rings. The van der Waals surface area contributed by atoms with Gasteiger partial charge in [-0.15, -0.1) is 0 Å². The van der Waals surface area contributed by atoms with Gasteiger partial charge in [-0.1, -0.05) is 29.7 Å². The molecular weight excluding hydrogens is 441 g/mol. The molecule has 0 atom stereocenters. The molecule has 0 saturated carbocycles. The molecule has 33 heavy (non-hydrogen) atoms. The summed E-state index contributed by atoms with van der Waals surface area (Å²) >= 11 is 6.36. The summed E-state index contributed by atoms with van der Waals surface area (Å²) in [5, 5.41) is 3.50. The van der Waals surface area contributed by atoms with Crippen LogP contribution in [0.4, 0.5) is 27.3 Å². The Balaban J connectivity index is 1.47. The Labute approximate surface area is 195 Å². The molecular formula is C25H19ClFN5O. The molecule has 3 aromatic carbocycles. The molecule has 0 bridgehead atoms. The van der Waals surface area contributed by atoms with Crippen LogP contribution in [0, 0.1) is 17.7 Å². The fourth-order valence-corrected chi connectivity index (χ4v) is 3.15. The van der Waals surface area contributed by atoms with Crippen LogP contribution in [-0.2, 0) is 6.61 Å². The van der Waals surface area contributed by atoms with Crippen LogP contribution in [0.3, 0.4) is 0 Å². The number of nitrogens with zero attached hydrogens (tertiary/aromatic N) is 2. The first-order valence-corrected chi connectivity index (χ1v) is 10.3. The van der Waals surface area contributed by atoms with E-state index in [4.69, 9.17) is 27.8 Å². The van der Waals surface area contributed by atoms with Crippen LogP contribution in [0.5, 0.6) is 5.75 Å². The highest BCUT2D eigenvalue weighted by molar-refractivity contribution is 6.32. The minimum absolute atomic E-state index is 0.194. The Bertz CT molecular complexity index is 1350. The zero-order chi connectivity index (χ0) is 23.2. The SMILES string of the molecule is Nc1ccc(C#Cc2ncnc(Nc3ccc(OCc4cccc(F)c4)c(Cl)c3)c2N)cc1. The number of ether oxygens (including phenoxy) is 1. The Morgan fingerprint density at radius 2 is 1.79 bits per heavy atom. The van der Waals surface area contributed by atoms with Crippen molar-refractivity contribution in [2.24, 2.45) is 0 Å². The summed E-state index contributed by atoms with van der Waals surface area (Å²) in [5.74, 6) is 6.51. The average molecular weight is 460 g/mol. The standard InChI is InChI=1S/C25H19ClFN5O/c26-21-13-20(9-11-23(21)33-14-17-2-1-3-18(27)12-17)32-25-24(29)22(30-15-31-25)10-6-16-4-7-19(28)8-5-16/h1-5,7-9,11-13,15H,14,28-29H2,(H,30,31,32). The summed E-state index contributed by atoms with van der Waals surface area (Å²) in [6.45, 7) is 0.194. The van der Waals surface area contributed by atoms with E-state index in [2.05, 4.69) is 27.1 Å². The minimum atomic E-state index is -0.318. The van der Waals surface area contributed by atoms with Crippen LogP contribution in [0.25, 0.3) is 0 Å². The second-order valence-corrected chi connectivity index (χ2v) is 7.45. The molecule has 0 amide bonds. The fourth-order valence-electron chi connectivity index (χ4n) is 2.91. The van der Waals surface area contributed by atoms with E-state index in [9.17, 15) is 4.39 Å². The number of benzene rings is 3. The third-order valence-corrected chi connectivity index (χ3v) is 4.89. The van der Waals surface area contributed by atoms with E-state index >= 15 is 0 Å². The second kappa shape index (κ2) is 9.90. The zero-order valence-electron chi connectivity index (χ0n) is 17.3. The summed E-state index contributed by atoms with van der Waals surface area (Å²) in [6, 6.07) is 18.5. The number of nitrogens with one attached hydrogen (secondary N) is 1. The maximum absolute atomic E-state index is 13.3. The number of hydrogen-bond acceptors (Lipinski definition) is 6. The number of halogens is 2. The van der Waals surface area contributed by atoms with Gasteiger partial charge in [0.05, 0.1) is 5.02 Å². The van der Waals surface area contributed by atoms with E-state index in [1.165, 1.54) is 18.5 Å². The van der Waals surface area contributed by atoms with E-state index in [1.54, 1.807) is 42.5 Å². The molecule has 4 rings (SSSR count). The second-order valence-electron chi connectivity index (χ2n) is 7.05. The van der Waals surface area contributed by atoms with Crippen molar-refractivity contribution in [1.29, 1.82) is 0 Å². The van der Waals surface area contributed by atoms with Crippen molar-refractivity contribution in [3.63, 3.8) is 0 Å². The van der Waals surface area contributed by atoms with Crippen LogP contribution >= 0.6 is 11.6 Å². The normalized spacial score (nSPS) is 10.2. The molecule has 0 aliphatic rings. The molecule has 8 heteroatoms. The smallest absolute Gasteiger partial charge is 0.158 e. The fraction of sp³-hybridized carbons (Fsp3) is 0.0400. The lowest BCUT2D eigenvalue weighted by molar-refractivity contribution is 0.306. The van der Waals surface area contributed by atoms with Crippen molar-refractivity contribution in [1.82, 2.24) is 9.97 Å². The molecule has 164 valence electrons. The number of rotatable bonds is 5. The van der Waals surface area contributed by atoms with Gasteiger partial charge in [0.1, 0.15) is 35.9 Å². The van der Waals surface area contributed by atoms with Crippen LogP contribution in [0.2, 0.25) is 5.02 Å². The van der Waals surface area contributed by atoms with E-state index in [0.717, 1.165) is 5.56 Å². The van der Waals surface area contributed by atoms with Crippen LogP contribution in [0.15, 0.2) is 73.1 Å². The van der Waals surface area contributed by atoms with Gasteiger partial charge in [0.25, 0.3) is 0 Å². The Kier molecular flexibility index (Phi) is 6.58. The van der Waals surface area contributed by atoms with Gasteiger partial charge in [0.15, 0.2) is 5.82 Å². The van der Waals surface area contributed by atoms with E-state index in [-0.39, 0.29) is 12.4 Å². The van der Waals surface area contributed by atoms with Gasteiger partial charge in [-0.3, -0.25) is 0 Å². The third-order valence-electron chi connectivity index (χ3n) is 4.60. The number of hydrogen-bond donors (Lipinski definition) is 3. The molecule has 5 N–H and O–H groups in total. The monoisotopic (exact) mass is 459 g/mol. The number of anilines is 4. The van der Waals surface area contributed by atoms with Gasteiger partial charge in [-0.25, -0.2) is 14.4 Å². The van der Waals surface area contributed by atoms with Gasteiger partial charge in [-0.05, 0) is 66.1 Å². The molecule has 1 heterocycles. The highest BCUT2D eigenvalue weighted by Gasteiger charge is 2.09. The molecule has 0 unspecified atom stereocenters. The molecule has 0 aliphatic heterocycles. The maximum atomic E-state index is 13.3. The maximum Gasteiger partial charge on any atom is 0.158 e. The summed E-state index contributed by atoms with van der Waals surface area (Å²) < 4.78 is 19.0. The average Bonchev–Trinajstić information content (AvgIpc) is 2.80. The van der Waals surface area contributed by atoms with Crippen molar-refractivity contribution in [2.45, 2.75) is 6.61 Å². The highest BCUT2D eigenvalue weighted by atomic mass is 35.5. The molecule has 0 spiro atoms. The van der Waals surface area contributed by atoms with Crippen molar-refractivity contribution in [3.05, 3.63) is 101 Å². The zero-order valence-corrected chi connectivity index (χ0v) is 18.1. The first-order chi connectivity index (χ1) is 16.0. The van der Waals surface area contributed by atoms with Gasteiger partial charge in [-0.2, -0.15) is 0 Å². The summed E-state index contributed by atoms with van der Waals surface area (Å²) in [5.41, 5.74) is 15.4. The molecule has 1 aromatic heterocycles. The number of aromatic nitrogens is 2. The molecule has 0 saturated heterocycles. The summed E-state index contributed by atoms with van der Waals surface area (Å²) in [4.78, 5) is 8.35. The van der Waals surface area contributed by atoms with E-state index in [1.807, 2.05) is 12.1 Å². The highest BCUT2D eigenvalue weighted by Crippen LogP contribution is 2.31. The summed E-state index contributed by atoms with van der Waals surface area (Å²) in [7, 11) is 0. The van der Waals surface area contributed by atoms with E-state index < -0.39 is 0 Å². The lowest BCUT2D eigenvalue weighted by Crippen LogP contribution is -2.03. The molecule has 0 aliphatic carbocycles. The van der Waals surface area contributed by atoms with Gasteiger partial charge >= 0.3 is 0 Å². The van der Waals surface area contributed by atoms with Gasteiger partial charge < -0.3 is 21.5 Å². The first-order valence-electron chi connectivity index (χ1n) is 9.90. The molecule has 4 aromatic rings. The predicted octanol–water partition coefficient (Wildman–Crippen LogP) is 5.16. The first kappa shape index (κ1) is 21.9. The van der Waals surface area contributed by atoms with Crippen molar-refractivity contribution in [3.8, 4) is 17.6 Å². The minimum Gasteiger partial charge on any atom is -0.487 e. The molecule has 6 nitrogen and oxygen atoms in total. The quantitative estimate of drug-likeness (QED) is 0.282. The Morgan fingerprint density at radius 1 is 0.970 bits per heavy atom. The van der Waals surface area contributed by atoms with E-state index in [0.29, 0.717) is 44.9 Å². The largest absolute Gasteiger partial charge is 0.487 e. The van der Waals surface area contributed by atoms with Crippen molar-refractivity contribution < 1.29 is 9.13 Å². The van der Waals surface area contributed by atoms with Crippen molar-refractivity contribution >= 4 is 34.5 Å². The third kappa shape index (κ3) is 5.70. The van der Waals surface area contributed by atoms with Crippen LogP contribution in [0.1, 0.15) is 16.8 Å². The lowest BCUT2D eigenvalue weighted by Gasteiger charge is -2.12. The Hall–Kier alpha value is -4.28. The molecule has 0 radical (unpaired) electrons. The van der Waals surface area contributed by atoms with Crippen LogP contribution < -0.4 is 21.5 Å². The topological polar surface area (TPSA) is 99.1 Å². The van der Waals surface area contributed by atoms with Crippen molar-refractivity contribution in [2.75, 3.05) is 16.8 Å². The Morgan fingerprint density at radius 3 is 2.55 bits per heavy atom. The number of nitrogens with two attached hydrogens (primary N) is 2. The lowest BCUT2D eigenvalue weighted by atomic mass is 10.2. The van der Waals surface area contributed by atoms with Gasteiger partial charge in [0.2, 0.25) is 0 Å². The summed E-state index contributed by atoms with van der Waals surface area (Å²) in [6.07, 6.45) is 1.38. The predicted molar refractivity (Wildman–Crippen MR) is 129 cm³/mol.